The summed E-state index contributed by atoms with van der Waals surface area (Å²) in [6.07, 6.45) is 1.64. The van der Waals surface area contributed by atoms with Crippen molar-refractivity contribution in [3.8, 4) is 17.2 Å². The van der Waals surface area contributed by atoms with Crippen LogP contribution in [0.3, 0.4) is 0 Å². The zero-order chi connectivity index (χ0) is 32.4. The van der Waals surface area contributed by atoms with Crippen LogP contribution < -0.4 is 23.8 Å². The van der Waals surface area contributed by atoms with Crippen molar-refractivity contribution in [1.82, 2.24) is 10.2 Å². The van der Waals surface area contributed by atoms with E-state index in [1.807, 2.05) is 6.92 Å². The summed E-state index contributed by atoms with van der Waals surface area (Å²) < 4.78 is 45.6. The topological polar surface area (TPSA) is 114 Å². The van der Waals surface area contributed by atoms with Gasteiger partial charge in [0.05, 0.1) is 31.9 Å². The van der Waals surface area contributed by atoms with Crippen LogP contribution in [0.2, 0.25) is 10.0 Å². The lowest BCUT2D eigenvalue weighted by molar-refractivity contribution is -0.139. The first-order valence-electron chi connectivity index (χ1n) is 13.9. The molecule has 1 unspecified atom stereocenters. The quantitative estimate of drug-likeness (QED) is 0.212. The Morgan fingerprint density at radius 3 is 2.20 bits per heavy atom. The van der Waals surface area contributed by atoms with Gasteiger partial charge in [-0.2, -0.15) is 0 Å². The summed E-state index contributed by atoms with van der Waals surface area (Å²) >= 11 is 12.7. The van der Waals surface area contributed by atoms with Crippen LogP contribution in [0.1, 0.15) is 32.3 Å². The van der Waals surface area contributed by atoms with E-state index in [-0.39, 0.29) is 39.6 Å². The van der Waals surface area contributed by atoms with Crippen molar-refractivity contribution in [2.45, 2.75) is 44.2 Å². The van der Waals surface area contributed by atoms with Gasteiger partial charge < -0.3 is 24.4 Å². The highest BCUT2D eigenvalue weighted by Crippen LogP contribution is 2.37. The zero-order valence-electron chi connectivity index (χ0n) is 25.3. The zero-order valence-corrected chi connectivity index (χ0v) is 27.6. The first-order valence-corrected chi connectivity index (χ1v) is 16.1. The fourth-order valence-corrected chi connectivity index (χ4v) is 6.20. The Bertz CT molecular complexity index is 1570. The first-order chi connectivity index (χ1) is 21.0. The molecule has 0 fully saturated rings. The van der Waals surface area contributed by atoms with E-state index in [2.05, 4.69) is 5.32 Å². The second-order valence-electron chi connectivity index (χ2n) is 9.78. The number of nitrogens with one attached hydrogen (secondary N) is 1. The number of ether oxygens (including phenoxy) is 3. The van der Waals surface area contributed by atoms with Gasteiger partial charge in [-0.25, -0.2) is 8.42 Å². The van der Waals surface area contributed by atoms with Crippen molar-refractivity contribution >= 4 is 50.7 Å². The fourth-order valence-electron chi connectivity index (χ4n) is 4.40. The molecule has 1 N–H and O–H groups in total. The van der Waals surface area contributed by atoms with Crippen LogP contribution in [-0.4, -0.2) is 65.6 Å². The summed E-state index contributed by atoms with van der Waals surface area (Å²) in [5, 5.41) is 3.47. The van der Waals surface area contributed by atoms with Crippen molar-refractivity contribution in [1.29, 1.82) is 0 Å². The third kappa shape index (κ3) is 8.28. The third-order valence-electron chi connectivity index (χ3n) is 6.93. The molecule has 10 nitrogen and oxygen atoms in total. The van der Waals surface area contributed by atoms with Crippen molar-refractivity contribution in [2.75, 3.05) is 38.7 Å². The average molecular weight is 667 g/mol. The smallest absolute Gasteiger partial charge is 0.265 e. The van der Waals surface area contributed by atoms with Gasteiger partial charge in [-0.15, -0.1) is 0 Å². The highest BCUT2D eigenvalue weighted by molar-refractivity contribution is 7.92. The lowest BCUT2D eigenvalue weighted by Gasteiger charge is -2.32. The van der Waals surface area contributed by atoms with Crippen LogP contribution >= 0.6 is 23.2 Å². The van der Waals surface area contributed by atoms with E-state index in [0.29, 0.717) is 22.9 Å². The number of amides is 2. The van der Waals surface area contributed by atoms with Crippen LogP contribution in [0, 0.1) is 0 Å². The maximum atomic E-state index is 14.3. The molecule has 3 rings (SSSR count). The molecule has 0 saturated heterocycles. The molecule has 0 spiro atoms. The third-order valence-corrected chi connectivity index (χ3v) is 9.29. The largest absolute Gasteiger partial charge is 0.495 e. The minimum atomic E-state index is -4.45. The van der Waals surface area contributed by atoms with Gasteiger partial charge in [-0.1, -0.05) is 54.7 Å². The van der Waals surface area contributed by atoms with Crippen LogP contribution in [0.25, 0.3) is 0 Å². The second kappa shape index (κ2) is 15.9. The predicted octanol–water partition coefficient (Wildman–Crippen LogP) is 5.55. The van der Waals surface area contributed by atoms with Crippen LogP contribution in [-0.2, 0) is 26.2 Å². The summed E-state index contributed by atoms with van der Waals surface area (Å²) in [5.41, 5.74) is 0.617. The number of nitrogens with zero attached hydrogens (tertiary/aromatic N) is 2. The summed E-state index contributed by atoms with van der Waals surface area (Å²) in [5.74, 6) is -0.379. The molecular weight excluding hydrogens is 629 g/mol. The van der Waals surface area contributed by atoms with Crippen LogP contribution in [0.15, 0.2) is 65.6 Å². The van der Waals surface area contributed by atoms with E-state index in [1.54, 1.807) is 37.3 Å². The molecule has 0 aliphatic rings. The van der Waals surface area contributed by atoms with Gasteiger partial charge in [0.2, 0.25) is 11.8 Å². The molecule has 0 saturated carbocycles. The number of benzene rings is 3. The van der Waals surface area contributed by atoms with E-state index >= 15 is 0 Å². The lowest BCUT2D eigenvalue weighted by atomic mass is 10.1. The molecule has 0 aliphatic carbocycles. The van der Waals surface area contributed by atoms with Gasteiger partial charge in [0.15, 0.2) is 11.5 Å². The summed E-state index contributed by atoms with van der Waals surface area (Å²) in [4.78, 5) is 28.5. The number of anilines is 1. The molecule has 1 atom stereocenters. The normalized spacial score (nSPS) is 11.8. The number of methoxy groups -OCH3 is 3. The number of carbonyl (C=O) groups excluding carboxylic acids is 2. The number of carbonyl (C=O) groups is 2. The Balaban J connectivity index is 2.13. The molecule has 3 aromatic carbocycles. The van der Waals surface area contributed by atoms with E-state index in [9.17, 15) is 18.0 Å². The fraction of sp³-hybridized carbons (Fsp3) is 0.355. The maximum absolute atomic E-state index is 14.3. The lowest BCUT2D eigenvalue weighted by Crippen LogP contribution is -2.51. The summed E-state index contributed by atoms with van der Waals surface area (Å²) in [6, 6.07) is 14.5. The van der Waals surface area contributed by atoms with Gasteiger partial charge in [0.25, 0.3) is 10.0 Å². The highest BCUT2D eigenvalue weighted by Gasteiger charge is 2.34. The van der Waals surface area contributed by atoms with Crippen LogP contribution in [0.5, 0.6) is 17.2 Å². The summed E-state index contributed by atoms with van der Waals surface area (Å²) in [7, 11) is -0.256. The second-order valence-corrected chi connectivity index (χ2v) is 12.5. The first kappa shape index (κ1) is 34.8. The Morgan fingerprint density at radius 1 is 0.909 bits per heavy atom. The van der Waals surface area contributed by atoms with Crippen LogP contribution in [0.4, 0.5) is 5.69 Å². The van der Waals surface area contributed by atoms with Gasteiger partial charge in [-0.3, -0.25) is 13.9 Å². The molecule has 44 heavy (non-hydrogen) atoms. The van der Waals surface area contributed by atoms with Crippen molar-refractivity contribution in [3.05, 3.63) is 76.3 Å². The molecule has 2 amide bonds. The monoisotopic (exact) mass is 665 g/mol. The van der Waals surface area contributed by atoms with E-state index in [0.717, 1.165) is 17.1 Å². The number of rotatable bonds is 15. The minimum absolute atomic E-state index is 0.0286. The standard InChI is InChI=1S/C31H37Cl2N3O7S/c1-6-7-16-34-31(38)21(2)35(19-22-10-8-9-11-25(22)33)30(37)20-36(26-17-23(32)12-14-27(26)41-3)44(39,40)24-13-15-28(42-4)29(18-24)43-5/h8-15,17-18,21H,6-7,16,19-20H2,1-5H3,(H,34,38). The Hall–Kier alpha value is -3.67. The van der Waals surface area contributed by atoms with Gasteiger partial charge in [-0.05, 0) is 55.3 Å². The van der Waals surface area contributed by atoms with Gasteiger partial charge in [0, 0.05) is 29.2 Å². The Kier molecular flexibility index (Phi) is 12.6. The number of sulfonamides is 1. The summed E-state index contributed by atoms with van der Waals surface area (Å²) in [6.45, 7) is 3.29. The van der Waals surface area contributed by atoms with Crippen molar-refractivity contribution in [3.63, 3.8) is 0 Å². The van der Waals surface area contributed by atoms with E-state index < -0.39 is 28.5 Å². The molecular formula is C31H37Cl2N3O7S. The number of hydrogen-bond acceptors (Lipinski definition) is 7. The van der Waals surface area contributed by atoms with Crippen molar-refractivity contribution in [2.24, 2.45) is 0 Å². The van der Waals surface area contributed by atoms with Gasteiger partial charge in [0.1, 0.15) is 18.3 Å². The number of hydrogen-bond donors (Lipinski definition) is 1. The molecule has 13 heteroatoms. The molecule has 238 valence electrons. The van der Waals surface area contributed by atoms with E-state index in [1.165, 1.54) is 56.6 Å². The van der Waals surface area contributed by atoms with E-state index in [4.69, 9.17) is 37.4 Å². The Morgan fingerprint density at radius 2 is 1.57 bits per heavy atom. The minimum Gasteiger partial charge on any atom is -0.495 e. The molecule has 0 aromatic heterocycles. The SMILES string of the molecule is CCCCNC(=O)C(C)N(Cc1ccccc1Cl)C(=O)CN(c1cc(Cl)ccc1OC)S(=O)(=O)c1ccc(OC)c(OC)c1. The average Bonchev–Trinajstić information content (AvgIpc) is 3.02. The van der Waals surface area contributed by atoms with Gasteiger partial charge >= 0.3 is 0 Å². The molecule has 0 aliphatic heterocycles. The molecule has 3 aromatic rings. The number of halogens is 2. The van der Waals surface area contributed by atoms with Crippen molar-refractivity contribution < 1.29 is 32.2 Å². The highest BCUT2D eigenvalue weighted by atomic mass is 35.5. The molecule has 0 bridgehead atoms. The Labute approximate surface area is 268 Å². The predicted molar refractivity (Wildman–Crippen MR) is 171 cm³/mol. The number of unbranched alkanes of at least 4 members (excludes halogenated alkanes) is 1. The molecule has 0 heterocycles. The molecule has 0 radical (unpaired) electrons. The maximum Gasteiger partial charge on any atom is 0.265 e.